The number of aryl methyl sites for hydroxylation is 1. The van der Waals surface area contributed by atoms with E-state index in [1.54, 1.807) is 0 Å². The molecule has 0 atom stereocenters. The molecule has 74 valence electrons. The zero-order valence-electron chi connectivity index (χ0n) is 9.39. The fourth-order valence-electron chi connectivity index (χ4n) is 1.53. The predicted octanol–water partition coefficient (Wildman–Crippen LogP) is 3.42. The van der Waals surface area contributed by atoms with Crippen molar-refractivity contribution < 1.29 is 0 Å². The molecule has 14 heavy (non-hydrogen) atoms. The van der Waals surface area contributed by atoms with Crippen LogP contribution in [0.15, 0.2) is 18.2 Å². The molecule has 0 radical (unpaired) electrons. The minimum absolute atomic E-state index is 0.0518. The van der Waals surface area contributed by atoms with E-state index in [0.717, 1.165) is 17.5 Å². The first kappa shape index (κ1) is 10.8. The van der Waals surface area contributed by atoms with Gasteiger partial charge in [-0.25, -0.2) is 0 Å². The Labute approximate surface area is 86.4 Å². The average molecular weight is 187 g/mol. The lowest BCUT2D eigenvalue weighted by molar-refractivity contribution is 0.587. The molecule has 0 saturated heterocycles. The van der Waals surface area contributed by atoms with Gasteiger partial charge in [0.1, 0.15) is 0 Å². The van der Waals surface area contributed by atoms with E-state index in [1.807, 2.05) is 12.1 Å². The Morgan fingerprint density at radius 2 is 1.93 bits per heavy atom. The molecule has 0 aromatic heterocycles. The largest absolute Gasteiger partial charge is 0.192 e. The molecule has 0 aliphatic rings. The molecule has 1 aromatic rings. The second kappa shape index (κ2) is 3.84. The van der Waals surface area contributed by atoms with Gasteiger partial charge >= 0.3 is 0 Å². The van der Waals surface area contributed by atoms with Gasteiger partial charge in [0, 0.05) is 0 Å². The molecule has 1 heteroatoms. The summed E-state index contributed by atoms with van der Waals surface area (Å²) >= 11 is 0. The van der Waals surface area contributed by atoms with Crippen molar-refractivity contribution in [1.29, 1.82) is 5.26 Å². The van der Waals surface area contributed by atoms with E-state index in [0.29, 0.717) is 0 Å². The summed E-state index contributed by atoms with van der Waals surface area (Å²) in [5, 5.41) is 9.00. The highest BCUT2D eigenvalue weighted by Gasteiger charge is 2.17. The van der Waals surface area contributed by atoms with Crippen molar-refractivity contribution in [2.75, 3.05) is 0 Å². The molecule has 0 unspecified atom stereocenters. The summed E-state index contributed by atoms with van der Waals surface area (Å²) < 4.78 is 0. The standard InChI is InChI=1S/C13H17N/c1-5-10-6-7-11(9-14)12(8-10)13(2,3)4/h6-8H,5H2,1-4H3. The van der Waals surface area contributed by atoms with Crippen LogP contribution in [0.3, 0.4) is 0 Å². The minimum Gasteiger partial charge on any atom is -0.192 e. The zero-order chi connectivity index (χ0) is 10.8. The van der Waals surface area contributed by atoms with E-state index in [-0.39, 0.29) is 5.41 Å². The van der Waals surface area contributed by atoms with E-state index >= 15 is 0 Å². The normalized spacial score (nSPS) is 11.1. The highest BCUT2D eigenvalue weighted by Crippen LogP contribution is 2.26. The molecule has 0 N–H and O–H groups in total. The number of nitrogens with zero attached hydrogens (tertiary/aromatic N) is 1. The summed E-state index contributed by atoms with van der Waals surface area (Å²) in [4.78, 5) is 0. The molecular formula is C13H17N. The zero-order valence-corrected chi connectivity index (χ0v) is 9.39. The predicted molar refractivity (Wildman–Crippen MR) is 59.2 cm³/mol. The van der Waals surface area contributed by atoms with Crippen LogP contribution in [-0.2, 0) is 11.8 Å². The first-order valence-corrected chi connectivity index (χ1v) is 5.02. The molecule has 1 nitrogen and oxygen atoms in total. The van der Waals surface area contributed by atoms with E-state index in [2.05, 4.69) is 39.8 Å². The topological polar surface area (TPSA) is 23.8 Å². The van der Waals surface area contributed by atoms with Crippen molar-refractivity contribution in [3.63, 3.8) is 0 Å². The summed E-state index contributed by atoms with van der Waals surface area (Å²) in [5.41, 5.74) is 3.30. The van der Waals surface area contributed by atoms with Crippen LogP contribution in [0, 0.1) is 11.3 Å². The van der Waals surface area contributed by atoms with E-state index < -0.39 is 0 Å². The van der Waals surface area contributed by atoms with Crippen molar-refractivity contribution in [3.05, 3.63) is 34.9 Å². The Morgan fingerprint density at radius 1 is 1.29 bits per heavy atom. The molecule has 0 fully saturated rings. The van der Waals surface area contributed by atoms with Crippen molar-refractivity contribution >= 4 is 0 Å². The quantitative estimate of drug-likeness (QED) is 0.661. The van der Waals surface area contributed by atoms with Gasteiger partial charge in [-0.1, -0.05) is 39.8 Å². The van der Waals surface area contributed by atoms with Crippen LogP contribution in [0.4, 0.5) is 0 Å². The van der Waals surface area contributed by atoms with Gasteiger partial charge in [0.05, 0.1) is 11.6 Å². The first-order chi connectivity index (χ1) is 6.49. The highest BCUT2D eigenvalue weighted by atomic mass is 14.3. The number of benzene rings is 1. The summed E-state index contributed by atoms with van der Waals surface area (Å²) in [6, 6.07) is 8.37. The van der Waals surface area contributed by atoms with Gasteiger partial charge in [-0.15, -0.1) is 0 Å². The lowest BCUT2D eigenvalue weighted by atomic mass is 9.83. The Morgan fingerprint density at radius 3 is 2.36 bits per heavy atom. The minimum atomic E-state index is 0.0518. The summed E-state index contributed by atoms with van der Waals surface area (Å²) in [7, 11) is 0. The molecule has 0 heterocycles. The molecule has 0 saturated carbocycles. The summed E-state index contributed by atoms with van der Waals surface area (Å²) in [5.74, 6) is 0. The highest BCUT2D eigenvalue weighted by molar-refractivity contribution is 5.43. The number of nitriles is 1. The second-order valence-corrected chi connectivity index (χ2v) is 4.60. The van der Waals surface area contributed by atoms with E-state index in [4.69, 9.17) is 5.26 Å². The second-order valence-electron chi connectivity index (χ2n) is 4.60. The van der Waals surface area contributed by atoms with Crippen molar-refractivity contribution in [2.45, 2.75) is 39.5 Å². The Kier molecular flexibility index (Phi) is 2.96. The maximum Gasteiger partial charge on any atom is 0.0994 e. The van der Waals surface area contributed by atoms with Crippen molar-refractivity contribution in [3.8, 4) is 6.07 Å². The third-order valence-electron chi connectivity index (χ3n) is 2.42. The van der Waals surface area contributed by atoms with Crippen LogP contribution in [0.25, 0.3) is 0 Å². The lowest BCUT2D eigenvalue weighted by Crippen LogP contribution is -2.13. The summed E-state index contributed by atoms with van der Waals surface area (Å²) in [6.07, 6.45) is 1.02. The lowest BCUT2D eigenvalue weighted by Gasteiger charge is -2.21. The van der Waals surface area contributed by atoms with Crippen LogP contribution in [0.2, 0.25) is 0 Å². The Bertz CT molecular complexity index is 364. The van der Waals surface area contributed by atoms with Crippen LogP contribution in [-0.4, -0.2) is 0 Å². The van der Waals surface area contributed by atoms with Gasteiger partial charge < -0.3 is 0 Å². The molecule has 1 rings (SSSR count). The van der Waals surface area contributed by atoms with Gasteiger partial charge in [0.15, 0.2) is 0 Å². The SMILES string of the molecule is CCc1ccc(C#N)c(C(C)(C)C)c1. The van der Waals surface area contributed by atoms with Crippen LogP contribution in [0.5, 0.6) is 0 Å². The molecule has 0 aliphatic carbocycles. The van der Waals surface area contributed by atoms with Crippen LogP contribution in [0.1, 0.15) is 44.4 Å². The van der Waals surface area contributed by atoms with Crippen LogP contribution < -0.4 is 0 Å². The molecule has 0 spiro atoms. The maximum atomic E-state index is 9.00. The molecular weight excluding hydrogens is 170 g/mol. The van der Waals surface area contributed by atoms with E-state index in [9.17, 15) is 0 Å². The molecule has 1 aromatic carbocycles. The average Bonchev–Trinajstić information content (AvgIpc) is 2.15. The van der Waals surface area contributed by atoms with Crippen molar-refractivity contribution in [1.82, 2.24) is 0 Å². The Hall–Kier alpha value is -1.29. The van der Waals surface area contributed by atoms with Gasteiger partial charge in [-0.3, -0.25) is 0 Å². The van der Waals surface area contributed by atoms with E-state index in [1.165, 1.54) is 5.56 Å². The van der Waals surface area contributed by atoms with Gasteiger partial charge in [-0.05, 0) is 29.0 Å². The fraction of sp³-hybridized carbons (Fsp3) is 0.462. The number of hydrogen-bond donors (Lipinski definition) is 0. The fourth-order valence-corrected chi connectivity index (χ4v) is 1.53. The van der Waals surface area contributed by atoms with Gasteiger partial charge in [-0.2, -0.15) is 5.26 Å². The van der Waals surface area contributed by atoms with Gasteiger partial charge in [0.25, 0.3) is 0 Å². The van der Waals surface area contributed by atoms with Crippen LogP contribution >= 0.6 is 0 Å². The molecule has 0 amide bonds. The third kappa shape index (κ3) is 2.14. The number of hydrogen-bond acceptors (Lipinski definition) is 1. The van der Waals surface area contributed by atoms with Gasteiger partial charge in [0.2, 0.25) is 0 Å². The first-order valence-electron chi connectivity index (χ1n) is 5.02. The maximum absolute atomic E-state index is 9.00. The third-order valence-corrected chi connectivity index (χ3v) is 2.42. The molecule has 0 aliphatic heterocycles. The number of rotatable bonds is 1. The Balaban J connectivity index is 3.31. The summed E-state index contributed by atoms with van der Waals surface area (Å²) in [6.45, 7) is 8.56. The molecule has 0 bridgehead atoms. The van der Waals surface area contributed by atoms with Crippen molar-refractivity contribution in [2.24, 2.45) is 0 Å². The monoisotopic (exact) mass is 187 g/mol. The smallest absolute Gasteiger partial charge is 0.0994 e.